The summed E-state index contributed by atoms with van der Waals surface area (Å²) in [5.74, 6) is -8.34. The highest BCUT2D eigenvalue weighted by atomic mass is 16.7. The second kappa shape index (κ2) is 9.78. The van der Waals surface area contributed by atoms with Crippen molar-refractivity contribution in [2.24, 2.45) is 5.92 Å². The van der Waals surface area contributed by atoms with E-state index in [1.807, 2.05) is 0 Å². The lowest BCUT2D eigenvalue weighted by Gasteiger charge is -2.37. The fraction of sp³-hybridized carbons (Fsp3) is 0.500. The second-order valence-corrected chi connectivity index (χ2v) is 7.81. The van der Waals surface area contributed by atoms with Crippen molar-refractivity contribution >= 4 is 17.9 Å². The number of esters is 3. The number of aliphatic hydroxyl groups excluding tert-OH is 2. The van der Waals surface area contributed by atoms with Crippen molar-refractivity contribution in [1.29, 1.82) is 0 Å². The molecule has 4 N–H and O–H groups in total. The first kappa shape index (κ1) is 25.5. The number of carbonyl (C=O) groups is 3. The van der Waals surface area contributed by atoms with Crippen molar-refractivity contribution in [2.45, 2.75) is 51.3 Å². The standard InChI is InChI=1S/C22H28O10/c1-12(6-8-23)19(26)32-22(29)10-16(11-24)5-7-21(28,31-15(4)25)13(2)9-17-18(22)14(3)20(27)30-17/h5-6,9,17-18,23-24,28-29H,3,7-8,10-11H2,1-2,4H3/t17?,18-,21?,22?/m0/s1. The predicted octanol–water partition coefficient (Wildman–Crippen LogP) is 0.165. The Hall–Kier alpha value is -2.79. The Morgan fingerprint density at radius 1 is 1.28 bits per heavy atom. The zero-order valence-corrected chi connectivity index (χ0v) is 18.2. The molecule has 2 rings (SSSR count). The third-order valence-corrected chi connectivity index (χ3v) is 5.38. The Morgan fingerprint density at radius 2 is 1.94 bits per heavy atom. The van der Waals surface area contributed by atoms with E-state index in [0.717, 1.165) is 6.92 Å². The van der Waals surface area contributed by atoms with Gasteiger partial charge in [-0.3, -0.25) is 4.79 Å². The molecule has 0 saturated carbocycles. The van der Waals surface area contributed by atoms with Crippen LogP contribution in [0.15, 0.2) is 47.1 Å². The molecule has 0 amide bonds. The number of aliphatic hydroxyl groups is 4. The highest BCUT2D eigenvalue weighted by molar-refractivity contribution is 5.92. The van der Waals surface area contributed by atoms with E-state index in [-0.39, 0.29) is 28.7 Å². The van der Waals surface area contributed by atoms with Crippen LogP contribution in [0.25, 0.3) is 0 Å². The summed E-state index contributed by atoms with van der Waals surface area (Å²) in [4.78, 5) is 36.3. The topological polar surface area (TPSA) is 160 Å². The number of fused-ring (bicyclic) bond motifs is 1. The van der Waals surface area contributed by atoms with E-state index in [1.165, 1.54) is 32.1 Å². The first-order chi connectivity index (χ1) is 14.9. The molecule has 0 radical (unpaired) electrons. The van der Waals surface area contributed by atoms with E-state index >= 15 is 0 Å². The average Bonchev–Trinajstić information content (AvgIpc) is 2.98. The van der Waals surface area contributed by atoms with Crippen LogP contribution < -0.4 is 0 Å². The van der Waals surface area contributed by atoms with Crippen molar-refractivity contribution in [2.75, 3.05) is 13.2 Å². The van der Waals surface area contributed by atoms with E-state index in [9.17, 15) is 29.7 Å². The summed E-state index contributed by atoms with van der Waals surface area (Å²) in [6.07, 6.45) is 1.84. The molecule has 1 heterocycles. The first-order valence-electron chi connectivity index (χ1n) is 9.89. The summed E-state index contributed by atoms with van der Waals surface area (Å²) in [6.45, 7) is 6.54. The number of rotatable bonds is 5. The van der Waals surface area contributed by atoms with Gasteiger partial charge in [0.25, 0.3) is 0 Å². The third kappa shape index (κ3) is 5.33. The highest BCUT2D eigenvalue weighted by Crippen LogP contribution is 2.43. The summed E-state index contributed by atoms with van der Waals surface area (Å²) < 4.78 is 15.7. The molecule has 10 nitrogen and oxygen atoms in total. The maximum atomic E-state index is 12.5. The molecule has 0 aromatic rings. The van der Waals surface area contributed by atoms with Crippen LogP contribution >= 0.6 is 0 Å². The molecule has 0 bridgehead atoms. The van der Waals surface area contributed by atoms with Gasteiger partial charge in [-0.05, 0) is 37.1 Å². The molecule has 4 atom stereocenters. The fourth-order valence-corrected chi connectivity index (χ4v) is 3.62. The molecule has 3 unspecified atom stereocenters. The summed E-state index contributed by atoms with van der Waals surface area (Å²) >= 11 is 0. The summed E-state index contributed by atoms with van der Waals surface area (Å²) in [6, 6.07) is 0. The normalized spacial score (nSPS) is 31.2. The van der Waals surface area contributed by atoms with E-state index in [4.69, 9.17) is 19.3 Å². The maximum Gasteiger partial charge on any atom is 0.336 e. The fourth-order valence-electron chi connectivity index (χ4n) is 3.62. The minimum Gasteiger partial charge on any atom is -0.454 e. The highest BCUT2D eigenvalue weighted by Gasteiger charge is 2.54. The van der Waals surface area contributed by atoms with E-state index in [2.05, 4.69) is 6.58 Å². The van der Waals surface area contributed by atoms with Crippen molar-refractivity contribution in [3.05, 3.63) is 47.1 Å². The van der Waals surface area contributed by atoms with Gasteiger partial charge in [0.05, 0.1) is 19.1 Å². The lowest BCUT2D eigenvalue weighted by Crippen LogP contribution is -2.48. The number of hydrogen-bond acceptors (Lipinski definition) is 10. The van der Waals surface area contributed by atoms with Crippen LogP contribution in [-0.4, -0.2) is 69.2 Å². The van der Waals surface area contributed by atoms with Crippen LogP contribution in [0.3, 0.4) is 0 Å². The lowest BCUT2D eigenvalue weighted by molar-refractivity contribution is -0.227. The Balaban J connectivity index is 2.63. The Kier molecular flexibility index (Phi) is 7.79. The molecule has 10 heteroatoms. The van der Waals surface area contributed by atoms with Crippen LogP contribution in [0, 0.1) is 5.92 Å². The van der Waals surface area contributed by atoms with Crippen LogP contribution in [0.2, 0.25) is 0 Å². The molecule has 0 spiro atoms. The van der Waals surface area contributed by atoms with Crippen molar-refractivity contribution < 1.29 is 49.0 Å². The van der Waals surface area contributed by atoms with Gasteiger partial charge in [-0.15, -0.1) is 0 Å². The lowest BCUT2D eigenvalue weighted by atomic mass is 9.81. The Morgan fingerprint density at radius 3 is 2.50 bits per heavy atom. The third-order valence-electron chi connectivity index (χ3n) is 5.38. The molecular formula is C22H28O10. The van der Waals surface area contributed by atoms with Crippen LogP contribution in [0.1, 0.15) is 33.6 Å². The van der Waals surface area contributed by atoms with Gasteiger partial charge in [-0.2, -0.15) is 0 Å². The molecule has 1 fully saturated rings. The van der Waals surface area contributed by atoms with Gasteiger partial charge < -0.3 is 34.6 Å². The maximum absolute atomic E-state index is 12.5. The molecule has 32 heavy (non-hydrogen) atoms. The average molecular weight is 452 g/mol. The zero-order chi connectivity index (χ0) is 24.3. The molecule has 1 saturated heterocycles. The minimum absolute atomic E-state index is 0.0101. The van der Waals surface area contributed by atoms with E-state index in [0.29, 0.717) is 0 Å². The molecule has 176 valence electrons. The van der Waals surface area contributed by atoms with Crippen LogP contribution in [0.4, 0.5) is 0 Å². The monoisotopic (exact) mass is 452 g/mol. The first-order valence-corrected chi connectivity index (χ1v) is 9.89. The van der Waals surface area contributed by atoms with Crippen LogP contribution in [-0.2, 0) is 28.6 Å². The smallest absolute Gasteiger partial charge is 0.336 e. The second-order valence-electron chi connectivity index (χ2n) is 7.81. The zero-order valence-electron chi connectivity index (χ0n) is 18.2. The van der Waals surface area contributed by atoms with Gasteiger partial charge >= 0.3 is 17.9 Å². The van der Waals surface area contributed by atoms with Gasteiger partial charge in [0.2, 0.25) is 11.6 Å². The summed E-state index contributed by atoms with van der Waals surface area (Å²) in [5.41, 5.74) is 0.0453. The number of ether oxygens (including phenoxy) is 3. The molecule has 0 aromatic carbocycles. The van der Waals surface area contributed by atoms with E-state index in [1.54, 1.807) is 0 Å². The predicted molar refractivity (Wildman–Crippen MR) is 109 cm³/mol. The van der Waals surface area contributed by atoms with E-state index < -0.39 is 61.1 Å². The molecule has 1 aliphatic heterocycles. The van der Waals surface area contributed by atoms with Gasteiger partial charge in [0, 0.05) is 30.9 Å². The molecule has 1 aliphatic carbocycles. The summed E-state index contributed by atoms with van der Waals surface area (Å²) in [5, 5.41) is 41.2. The van der Waals surface area contributed by atoms with Gasteiger partial charge in [0.1, 0.15) is 6.10 Å². The quantitative estimate of drug-likeness (QED) is 0.149. The van der Waals surface area contributed by atoms with Gasteiger partial charge in [-0.25, -0.2) is 9.59 Å². The van der Waals surface area contributed by atoms with Gasteiger partial charge in [0.15, 0.2) is 0 Å². The molecule has 0 aromatic heterocycles. The van der Waals surface area contributed by atoms with Gasteiger partial charge in [-0.1, -0.05) is 12.7 Å². The summed E-state index contributed by atoms with van der Waals surface area (Å²) in [7, 11) is 0. The minimum atomic E-state index is -2.36. The molecule has 2 aliphatic rings. The van der Waals surface area contributed by atoms with Crippen molar-refractivity contribution in [3.8, 4) is 0 Å². The number of hydrogen-bond donors (Lipinski definition) is 4. The van der Waals surface area contributed by atoms with Crippen molar-refractivity contribution in [1.82, 2.24) is 0 Å². The SMILES string of the molecule is C=C1C(=O)OC2C=C(C)C(O)(OC(C)=O)CC=C(CO)CC(O)(OC(=O)C(C)=CCO)[C@@H]12. The van der Waals surface area contributed by atoms with Crippen molar-refractivity contribution in [3.63, 3.8) is 0 Å². The molecular weight excluding hydrogens is 424 g/mol. The largest absolute Gasteiger partial charge is 0.454 e. The number of carbonyl (C=O) groups excluding carboxylic acids is 3. The Bertz CT molecular complexity index is 898. The Labute approximate surface area is 185 Å². The van der Waals surface area contributed by atoms with Crippen LogP contribution in [0.5, 0.6) is 0 Å².